The van der Waals surface area contributed by atoms with Gasteiger partial charge in [0.05, 0.1) is 6.61 Å². The van der Waals surface area contributed by atoms with Crippen LogP contribution in [0.1, 0.15) is 11.1 Å². The van der Waals surface area contributed by atoms with Gasteiger partial charge in [-0.2, -0.15) is 0 Å². The standard InChI is InChI=1S/C12H16O4/c1-14-12(13,15-2)11-7-9-5-3-4-6-10(9)8-16-11/h3-6,11,13H,7-8H2,1-2H3. The van der Waals surface area contributed by atoms with Crippen LogP contribution in [0.2, 0.25) is 0 Å². The van der Waals surface area contributed by atoms with Gasteiger partial charge in [0.25, 0.3) is 0 Å². The molecule has 1 aliphatic heterocycles. The average Bonchev–Trinajstić information content (AvgIpc) is 2.37. The second kappa shape index (κ2) is 4.51. The summed E-state index contributed by atoms with van der Waals surface area (Å²) in [5.74, 6) is -1.67. The first-order valence-electron chi connectivity index (χ1n) is 5.20. The van der Waals surface area contributed by atoms with Gasteiger partial charge in [0.15, 0.2) is 0 Å². The Balaban J connectivity index is 2.19. The van der Waals surface area contributed by atoms with Crippen molar-refractivity contribution in [2.75, 3.05) is 14.2 Å². The molecule has 0 fully saturated rings. The van der Waals surface area contributed by atoms with E-state index < -0.39 is 12.1 Å². The lowest BCUT2D eigenvalue weighted by molar-refractivity contribution is -0.385. The maximum atomic E-state index is 10.0. The molecule has 0 aliphatic carbocycles. The van der Waals surface area contributed by atoms with Gasteiger partial charge >= 0.3 is 5.97 Å². The van der Waals surface area contributed by atoms with Crippen molar-refractivity contribution >= 4 is 0 Å². The molecular weight excluding hydrogens is 208 g/mol. The number of aliphatic hydroxyl groups is 1. The summed E-state index contributed by atoms with van der Waals surface area (Å²) in [5.41, 5.74) is 2.31. The van der Waals surface area contributed by atoms with Crippen LogP contribution in [-0.2, 0) is 27.2 Å². The van der Waals surface area contributed by atoms with Crippen LogP contribution in [0.3, 0.4) is 0 Å². The molecule has 0 spiro atoms. The highest BCUT2D eigenvalue weighted by atomic mass is 16.8. The van der Waals surface area contributed by atoms with Crippen molar-refractivity contribution < 1.29 is 19.3 Å². The number of hydrogen-bond acceptors (Lipinski definition) is 4. The van der Waals surface area contributed by atoms with Crippen LogP contribution < -0.4 is 0 Å². The maximum Gasteiger partial charge on any atom is 0.308 e. The molecule has 0 radical (unpaired) electrons. The third kappa shape index (κ3) is 1.97. The van der Waals surface area contributed by atoms with E-state index in [9.17, 15) is 5.11 Å². The van der Waals surface area contributed by atoms with Crippen LogP contribution in [-0.4, -0.2) is 31.4 Å². The predicted molar refractivity (Wildman–Crippen MR) is 57.7 cm³/mol. The highest BCUT2D eigenvalue weighted by Gasteiger charge is 2.40. The van der Waals surface area contributed by atoms with Gasteiger partial charge in [-0.15, -0.1) is 0 Å². The molecule has 0 amide bonds. The maximum absolute atomic E-state index is 10.0. The Morgan fingerprint density at radius 2 is 1.88 bits per heavy atom. The molecule has 88 valence electrons. The van der Waals surface area contributed by atoms with E-state index in [-0.39, 0.29) is 0 Å². The molecule has 1 unspecified atom stereocenters. The van der Waals surface area contributed by atoms with Crippen LogP contribution >= 0.6 is 0 Å². The van der Waals surface area contributed by atoms with Gasteiger partial charge in [0, 0.05) is 20.6 Å². The first-order chi connectivity index (χ1) is 7.69. The Labute approximate surface area is 94.8 Å². The predicted octanol–water partition coefficient (Wildman–Crippen LogP) is 1.07. The topological polar surface area (TPSA) is 47.9 Å². The molecule has 0 aromatic heterocycles. The van der Waals surface area contributed by atoms with E-state index >= 15 is 0 Å². The molecule has 4 nitrogen and oxygen atoms in total. The van der Waals surface area contributed by atoms with Gasteiger partial charge in [-0.05, 0) is 11.1 Å². The molecule has 0 bridgehead atoms. The third-order valence-corrected chi connectivity index (χ3v) is 2.96. The van der Waals surface area contributed by atoms with Crippen molar-refractivity contribution in [2.24, 2.45) is 0 Å². The first-order valence-corrected chi connectivity index (χ1v) is 5.20. The van der Waals surface area contributed by atoms with Gasteiger partial charge in [-0.1, -0.05) is 24.3 Å². The van der Waals surface area contributed by atoms with E-state index in [4.69, 9.17) is 14.2 Å². The van der Waals surface area contributed by atoms with Crippen LogP contribution in [0.4, 0.5) is 0 Å². The van der Waals surface area contributed by atoms with Crippen molar-refractivity contribution in [3.8, 4) is 0 Å². The minimum absolute atomic E-state index is 0.468. The van der Waals surface area contributed by atoms with E-state index in [1.807, 2.05) is 24.3 Å². The summed E-state index contributed by atoms with van der Waals surface area (Å²) in [6.07, 6.45) is 0.0753. The van der Waals surface area contributed by atoms with Crippen molar-refractivity contribution in [3.63, 3.8) is 0 Å². The fourth-order valence-corrected chi connectivity index (χ4v) is 1.93. The Hall–Kier alpha value is -0.940. The molecule has 1 aromatic carbocycles. The summed E-state index contributed by atoms with van der Waals surface area (Å²) in [4.78, 5) is 0. The van der Waals surface area contributed by atoms with E-state index in [1.54, 1.807) is 0 Å². The quantitative estimate of drug-likeness (QED) is 0.780. The summed E-state index contributed by atoms with van der Waals surface area (Å²) >= 11 is 0. The second-order valence-electron chi connectivity index (χ2n) is 3.81. The van der Waals surface area contributed by atoms with Gasteiger partial charge in [-0.25, -0.2) is 0 Å². The lowest BCUT2D eigenvalue weighted by atomic mass is 9.98. The van der Waals surface area contributed by atoms with Gasteiger partial charge in [0.1, 0.15) is 6.10 Å². The number of benzene rings is 1. The molecular formula is C12H16O4. The number of rotatable bonds is 3. The number of ether oxygens (including phenoxy) is 3. The highest BCUT2D eigenvalue weighted by Crippen LogP contribution is 2.27. The summed E-state index contributed by atoms with van der Waals surface area (Å²) in [5, 5.41) is 10.0. The molecule has 1 aromatic rings. The van der Waals surface area contributed by atoms with Crippen molar-refractivity contribution in [1.29, 1.82) is 0 Å². The molecule has 0 saturated heterocycles. The first kappa shape index (κ1) is 11.5. The van der Waals surface area contributed by atoms with Gasteiger partial charge in [0.2, 0.25) is 0 Å². The van der Waals surface area contributed by atoms with E-state index in [0.717, 1.165) is 11.1 Å². The lowest BCUT2D eigenvalue weighted by Gasteiger charge is -2.35. The largest absolute Gasteiger partial charge is 0.365 e. The molecule has 0 saturated carbocycles. The second-order valence-corrected chi connectivity index (χ2v) is 3.81. The van der Waals surface area contributed by atoms with Crippen LogP contribution in [0.5, 0.6) is 0 Å². The van der Waals surface area contributed by atoms with E-state index in [0.29, 0.717) is 13.0 Å². The Kier molecular flexibility index (Phi) is 3.25. The smallest absolute Gasteiger partial charge is 0.308 e. The van der Waals surface area contributed by atoms with Crippen molar-refractivity contribution in [1.82, 2.24) is 0 Å². The molecule has 16 heavy (non-hydrogen) atoms. The molecule has 1 atom stereocenters. The lowest BCUT2D eigenvalue weighted by Crippen LogP contribution is -2.49. The van der Waals surface area contributed by atoms with Gasteiger partial charge < -0.3 is 19.3 Å². The van der Waals surface area contributed by atoms with Crippen molar-refractivity contribution in [2.45, 2.75) is 25.1 Å². The van der Waals surface area contributed by atoms with Crippen molar-refractivity contribution in [3.05, 3.63) is 35.4 Å². The molecule has 1 heterocycles. The fourth-order valence-electron chi connectivity index (χ4n) is 1.93. The Morgan fingerprint density at radius 3 is 2.50 bits per heavy atom. The van der Waals surface area contributed by atoms with E-state index in [2.05, 4.69) is 0 Å². The van der Waals surface area contributed by atoms with Crippen LogP contribution in [0.25, 0.3) is 0 Å². The minimum Gasteiger partial charge on any atom is -0.365 e. The zero-order valence-corrected chi connectivity index (χ0v) is 9.47. The number of fused-ring (bicyclic) bond motifs is 1. The summed E-state index contributed by atoms with van der Waals surface area (Å²) < 4.78 is 15.5. The summed E-state index contributed by atoms with van der Waals surface area (Å²) in [7, 11) is 2.79. The average molecular weight is 224 g/mol. The Bertz CT molecular complexity index is 360. The number of hydrogen-bond donors (Lipinski definition) is 1. The fraction of sp³-hybridized carbons (Fsp3) is 0.500. The molecule has 4 heteroatoms. The molecule has 1 aliphatic rings. The van der Waals surface area contributed by atoms with E-state index in [1.165, 1.54) is 14.2 Å². The minimum atomic E-state index is -1.67. The molecule has 2 rings (SSSR count). The SMILES string of the molecule is COC(O)(OC)C1Cc2ccccc2CO1. The highest BCUT2D eigenvalue weighted by molar-refractivity contribution is 5.28. The number of methoxy groups -OCH3 is 2. The zero-order valence-electron chi connectivity index (χ0n) is 9.47. The van der Waals surface area contributed by atoms with Crippen LogP contribution in [0, 0.1) is 0 Å². The zero-order chi connectivity index (χ0) is 11.6. The summed E-state index contributed by atoms with van der Waals surface area (Å²) in [6.45, 7) is 0.468. The van der Waals surface area contributed by atoms with Gasteiger partial charge in [-0.3, -0.25) is 0 Å². The third-order valence-electron chi connectivity index (χ3n) is 2.96. The normalized spacial score (nSPS) is 20.6. The molecule has 1 N–H and O–H groups in total. The monoisotopic (exact) mass is 224 g/mol. The van der Waals surface area contributed by atoms with Crippen LogP contribution in [0.15, 0.2) is 24.3 Å². The summed E-state index contributed by atoms with van der Waals surface area (Å²) in [6, 6.07) is 7.99. The Morgan fingerprint density at radius 1 is 1.25 bits per heavy atom.